The van der Waals surface area contributed by atoms with Gasteiger partial charge in [0.1, 0.15) is 5.78 Å². The number of carbonyl (C=O) groups is 2. The SMILES string of the molecule is CC(=O)CCOCCNC(=O)c1ccc2c(c1)C(C)(C)C1=[N+]2CC[C@H]2O[C@H]3C[C@H]4CCN5C(=C4C=C3C=C12)C(C)(C)c1cc(C)ccc15. The number of rotatable bonds is 7. The van der Waals surface area contributed by atoms with E-state index in [1.165, 1.54) is 56.2 Å². The van der Waals surface area contributed by atoms with Crippen LogP contribution in [0.1, 0.15) is 87.4 Å². The first kappa shape index (κ1) is 31.5. The Hall–Kier alpha value is -3.81. The Morgan fingerprint density at radius 3 is 2.65 bits per heavy atom. The minimum absolute atomic E-state index is 0.0392. The average molecular weight is 647 g/mol. The van der Waals surface area contributed by atoms with Crippen LogP contribution >= 0.6 is 0 Å². The molecule has 250 valence electrons. The normalized spacial score (nSPS) is 25.5. The molecule has 0 unspecified atom stereocenters. The van der Waals surface area contributed by atoms with Gasteiger partial charge >= 0.3 is 0 Å². The van der Waals surface area contributed by atoms with Gasteiger partial charge in [-0.05, 0) is 87.4 Å². The number of allylic oxidation sites excluding steroid dienone is 3. The lowest BCUT2D eigenvalue weighted by Gasteiger charge is -2.44. The first-order chi connectivity index (χ1) is 22.9. The van der Waals surface area contributed by atoms with E-state index in [4.69, 9.17) is 9.47 Å². The first-order valence-corrected chi connectivity index (χ1v) is 17.8. The van der Waals surface area contributed by atoms with Crippen LogP contribution in [0, 0.1) is 12.8 Å². The fourth-order valence-corrected chi connectivity index (χ4v) is 9.36. The zero-order chi connectivity index (χ0) is 33.5. The van der Waals surface area contributed by atoms with E-state index in [0.29, 0.717) is 37.7 Å². The van der Waals surface area contributed by atoms with Gasteiger partial charge in [0.15, 0.2) is 12.3 Å². The van der Waals surface area contributed by atoms with Gasteiger partial charge in [-0.2, -0.15) is 4.58 Å². The molecule has 1 aliphatic carbocycles. The number of ether oxygens (including phenoxy) is 2. The number of hydrogen-bond donors (Lipinski definition) is 1. The smallest absolute Gasteiger partial charge is 0.251 e. The van der Waals surface area contributed by atoms with Crippen molar-refractivity contribution in [2.24, 2.45) is 5.92 Å². The molecule has 2 aromatic rings. The van der Waals surface area contributed by atoms with Crippen molar-refractivity contribution >= 4 is 28.8 Å². The van der Waals surface area contributed by atoms with Gasteiger partial charge < -0.3 is 19.7 Å². The van der Waals surface area contributed by atoms with Gasteiger partial charge in [-0.3, -0.25) is 9.59 Å². The van der Waals surface area contributed by atoms with Crippen LogP contribution in [0.2, 0.25) is 0 Å². The number of amides is 1. The fourth-order valence-electron chi connectivity index (χ4n) is 9.36. The molecule has 6 aliphatic rings. The third-order valence-corrected chi connectivity index (χ3v) is 11.7. The predicted molar refractivity (Wildman–Crippen MR) is 188 cm³/mol. The maximum absolute atomic E-state index is 13.1. The monoisotopic (exact) mass is 646 g/mol. The molecule has 48 heavy (non-hydrogen) atoms. The molecular weight excluding hydrogens is 598 g/mol. The number of aryl methyl sites for hydroxylation is 1. The summed E-state index contributed by atoms with van der Waals surface area (Å²) >= 11 is 0. The molecule has 0 bridgehead atoms. The van der Waals surface area contributed by atoms with Gasteiger partial charge in [0.2, 0.25) is 5.69 Å². The number of fused-ring (bicyclic) bond motifs is 9. The Balaban J connectivity index is 1.09. The number of hydrogen-bond acceptors (Lipinski definition) is 5. The number of anilines is 1. The topological polar surface area (TPSA) is 70.9 Å². The standard InChI is InChI=1S/C41H47N3O4/c1-24-7-9-33-31(19-24)40(3,4)37-29-20-28-21-30-35(48-36(28)23-26(29)11-15-43(33)37)12-16-44-34-10-8-27(22-32(34)41(5,6)38(30)44)39(46)42-14-18-47-17-13-25(2)45/h7-10,19-22,26,35-36H,11-18,23H2,1-6H3/p+1/t26-,35-,36+/m1/s1. The van der Waals surface area contributed by atoms with Crippen LogP contribution < -0.4 is 10.2 Å². The molecule has 5 heterocycles. The highest BCUT2D eigenvalue weighted by Crippen LogP contribution is 2.55. The molecule has 8 rings (SSSR count). The van der Waals surface area contributed by atoms with Crippen LogP contribution in [0.3, 0.4) is 0 Å². The minimum Gasteiger partial charge on any atom is -0.379 e. The van der Waals surface area contributed by atoms with Crippen LogP contribution in [-0.2, 0) is 25.1 Å². The lowest BCUT2D eigenvalue weighted by Crippen LogP contribution is -2.46. The third-order valence-electron chi connectivity index (χ3n) is 11.7. The summed E-state index contributed by atoms with van der Waals surface area (Å²) in [6.45, 7) is 16.3. The summed E-state index contributed by atoms with van der Waals surface area (Å²) in [6.07, 6.45) is 8.73. The van der Waals surface area contributed by atoms with Crippen molar-refractivity contribution in [2.45, 2.75) is 90.3 Å². The molecular formula is C41H48N3O4+. The minimum atomic E-state index is -0.281. The average Bonchev–Trinajstić information content (AvgIpc) is 3.43. The maximum Gasteiger partial charge on any atom is 0.251 e. The second-order valence-electron chi connectivity index (χ2n) is 15.6. The quantitative estimate of drug-likeness (QED) is 0.271. The molecule has 0 fully saturated rings. The van der Waals surface area contributed by atoms with Crippen molar-refractivity contribution in [3.05, 3.63) is 93.2 Å². The lowest BCUT2D eigenvalue weighted by molar-refractivity contribution is -0.445. The predicted octanol–water partition coefficient (Wildman–Crippen LogP) is 6.60. The number of benzene rings is 2. The molecule has 7 nitrogen and oxygen atoms in total. The van der Waals surface area contributed by atoms with Crippen LogP contribution in [0.5, 0.6) is 0 Å². The van der Waals surface area contributed by atoms with E-state index in [2.05, 4.69) is 91.9 Å². The lowest BCUT2D eigenvalue weighted by atomic mass is 9.71. The Labute approximate surface area is 284 Å². The highest BCUT2D eigenvalue weighted by molar-refractivity contribution is 6.09. The van der Waals surface area contributed by atoms with Crippen molar-refractivity contribution in [3.8, 4) is 0 Å². The van der Waals surface area contributed by atoms with Gasteiger partial charge in [0, 0.05) is 65.5 Å². The largest absolute Gasteiger partial charge is 0.379 e. The van der Waals surface area contributed by atoms with Gasteiger partial charge in [0.25, 0.3) is 5.91 Å². The number of nitrogens with one attached hydrogen (secondary N) is 1. The van der Waals surface area contributed by atoms with Gasteiger partial charge in [0.05, 0.1) is 30.8 Å². The highest BCUT2D eigenvalue weighted by Gasteiger charge is 2.54. The number of ketones is 1. The van der Waals surface area contributed by atoms with Crippen LogP contribution in [0.25, 0.3) is 0 Å². The zero-order valence-corrected chi connectivity index (χ0v) is 29.2. The molecule has 5 aliphatic heterocycles. The van der Waals surface area contributed by atoms with Gasteiger partial charge in [-0.15, -0.1) is 0 Å². The summed E-state index contributed by atoms with van der Waals surface area (Å²) in [5.74, 6) is 0.517. The van der Waals surface area contributed by atoms with E-state index in [9.17, 15) is 9.59 Å². The molecule has 2 aromatic carbocycles. The van der Waals surface area contributed by atoms with Crippen molar-refractivity contribution < 1.29 is 23.6 Å². The molecule has 0 aromatic heterocycles. The second-order valence-corrected chi connectivity index (χ2v) is 15.6. The van der Waals surface area contributed by atoms with E-state index in [1.54, 1.807) is 6.92 Å². The molecule has 0 spiro atoms. The van der Waals surface area contributed by atoms with Gasteiger partial charge in [-0.1, -0.05) is 37.6 Å². The van der Waals surface area contributed by atoms with Crippen LogP contribution in [-0.4, -0.2) is 67.0 Å². The van der Waals surface area contributed by atoms with E-state index in [-0.39, 0.29) is 34.7 Å². The summed E-state index contributed by atoms with van der Waals surface area (Å²) < 4.78 is 15.0. The Bertz CT molecular complexity index is 1880. The summed E-state index contributed by atoms with van der Waals surface area (Å²) in [6, 6.07) is 13.1. The van der Waals surface area contributed by atoms with E-state index in [1.807, 2.05) is 6.07 Å². The Kier molecular flexibility index (Phi) is 7.46. The van der Waals surface area contributed by atoms with E-state index >= 15 is 0 Å². The third kappa shape index (κ3) is 4.87. The summed E-state index contributed by atoms with van der Waals surface area (Å²) in [5.41, 5.74) is 13.7. The second kappa shape index (κ2) is 11.4. The van der Waals surface area contributed by atoms with Crippen molar-refractivity contribution in [1.29, 1.82) is 0 Å². The summed E-state index contributed by atoms with van der Waals surface area (Å²) in [7, 11) is 0. The van der Waals surface area contributed by atoms with Crippen LogP contribution in [0.4, 0.5) is 11.4 Å². The molecule has 0 radical (unpaired) electrons. The zero-order valence-electron chi connectivity index (χ0n) is 29.2. The maximum atomic E-state index is 13.1. The molecule has 0 saturated heterocycles. The molecule has 3 atom stereocenters. The summed E-state index contributed by atoms with van der Waals surface area (Å²) in [5, 5.41) is 2.98. The summed E-state index contributed by atoms with van der Waals surface area (Å²) in [4.78, 5) is 26.9. The molecule has 7 heteroatoms. The Morgan fingerprint density at radius 2 is 1.83 bits per heavy atom. The number of carbonyl (C=O) groups excluding carboxylic acids is 2. The molecule has 0 saturated carbocycles. The fraction of sp³-hybridized carbons (Fsp3) is 0.488. The van der Waals surface area contributed by atoms with E-state index in [0.717, 1.165) is 32.4 Å². The van der Waals surface area contributed by atoms with Crippen LogP contribution in [0.15, 0.2) is 71.0 Å². The molecule has 1 amide bonds. The van der Waals surface area contributed by atoms with Gasteiger partial charge in [-0.25, -0.2) is 0 Å². The highest BCUT2D eigenvalue weighted by atomic mass is 16.5. The Morgan fingerprint density at radius 1 is 1.00 bits per heavy atom. The first-order valence-electron chi connectivity index (χ1n) is 17.8. The number of nitrogens with zero attached hydrogens (tertiary/aromatic N) is 2. The van der Waals surface area contributed by atoms with Crippen molar-refractivity contribution in [2.75, 3.05) is 37.7 Å². The van der Waals surface area contributed by atoms with Crippen molar-refractivity contribution in [1.82, 2.24) is 5.32 Å². The van der Waals surface area contributed by atoms with Crippen molar-refractivity contribution in [3.63, 3.8) is 0 Å². The molecule has 1 N–H and O–H groups in total. The number of Topliss-reactive ketones (excluding diaryl/α,β-unsaturated/α-hetero) is 1. The van der Waals surface area contributed by atoms with E-state index < -0.39 is 0 Å².